The summed E-state index contributed by atoms with van der Waals surface area (Å²) in [6, 6.07) is 9.53. The minimum atomic E-state index is -4.21. The van der Waals surface area contributed by atoms with E-state index in [1.807, 2.05) is 0 Å². The highest BCUT2D eigenvalue weighted by molar-refractivity contribution is 7.87. The zero-order chi connectivity index (χ0) is 19.3. The van der Waals surface area contributed by atoms with Crippen molar-refractivity contribution in [3.63, 3.8) is 0 Å². The van der Waals surface area contributed by atoms with Crippen LogP contribution in [0.1, 0.15) is 11.1 Å². The number of nitrogens with one attached hydrogen (secondary N) is 1. The Morgan fingerprint density at radius 1 is 1.31 bits per heavy atom. The lowest BCUT2D eigenvalue weighted by Crippen LogP contribution is -2.23. The highest BCUT2D eigenvalue weighted by atomic mass is 32.2. The molecule has 0 radical (unpaired) electrons. The molecule has 0 aliphatic rings. The Morgan fingerprint density at radius 2 is 1.96 bits per heavy atom. The molecule has 26 heavy (non-hydrogen) atoms. The van der Waals surface area contributed by atoms with Gasteiger partial charge in [-0.25, -0.2) is 0 Å². The normalized spacial score (nSPS) is 11.3. The Hall–Kier alpha value is -3.05. The minimum Gasteiger partial charge on any atom is -0.379 e. The fourth-order valence-corrected chi connectivity index (χ4v) is 2.90. The Balaban J connectivity index is 2.19. The lowest BCUT2D eigenvalue weighted by atomic mass is 10.2. The van der Waals surface area contributed by atoms with Gasteiger partial charge in [-0.05, 0) is 55.0 Å². The van der Waals surface area contributed by atoms with Gasteiger partial charge in [0, 0.05) is 11.6 Å². The molecule has 2 aromatic rings. The van der Waals surface area contributed by atoms with E-state index >= 15 is 0 Å². The maximum atomic E-state index is 12.3. The van der Waals surface area contributed by atoms with Crippen LogP contribution in [0.25, 0.3) is 0 Å². The molecule has 0 bridgehead atoms. The van der Waals surface area contributed by atoms with Gasteiger partial charge in [-0.3, -0.25) is 15.5 Å². The zero-order valence-electron chi connectivity index (χ0n) is 13.4. The summed E-state index contributed by atoms with van der Waals surface area (Å²) in [5, 5.41) is 14.7. The van der Waals surface area contributed by atoms with Crippen molar-refractivity contribution in [1.82, 2.24) is 5.43 Å². The van der Waals surface area contributed by atoms with Crippen LogP contribution in [0, 0.1) is 17.0 Å². The molecule has 0 saturated heterocycles. The fraction of sp³-hybridized carbons (Fsp3) is 0.0667. The molecule has 0 atom stereocenters. The summed E-state index contributed by atoms with van der Waals surface area (Å²) in [5.41, 5.74) is 8.30. The maximum absolute atomic E-state index is 12.3. The number of nitrogens with zero attached hydrogens (tertiary/aromatic N) is 2. The predicted molar refractivity (Wildman–Crippen MR) is 99.6 cm³/mol. The number of aryl methyl sites for hydroxylation is 1. The maximum Gasteiger partial charge on any atom is 0.339 e. The Morgan fingerprint density at radius 3 is 2.54 bits per heavy atom. The molecular weight excluding hydrogens is 380 g/mol. The quantitative estimate of drug-likeness (QED) is 0.249. The molecule has 0 saturated carbocycles. The largest absolute Gasteiger partial charge is 0.379 e. The van der Waals surface area contributed by atoms with E-state index in [0.717, 1.165) is 6.07 Å². The van der Waals surface area contributed by atoms with Crippen molar-refractivity contribution in [3.05, 3.63) is 63.7 Å². The first kappa shape index (κ1) is 19.3. The average molecular weight is 394 g/mol. The van der Waals surface area contributed by atoms with E-state index in [-0.39, 0.29) is 21.4 Å². The number of hydrazone groups is 1. The van der Waals surface area contributed by atoms with Crippen LogP contribution >= 0.6 is 12.2 Å². The molecule has 0 aliphatic heterocycles. The van der Waals surface area contributed by atoms with E-state index in [1.165, 1.54) is 37.4 Å². The molecule has 0 unspecified atom stereocenters. The number of benzene rings is 2. The number of nitrogens with two attached hydrogens (primary N) is 1. The molecule has 0 heterocycles. The number of thiocarbonyl (C=S) groups is 1. The first-order valence-electron chi connectivity index (χ1n) is 7.07. The van der Waals surface area contributed by atoms with Crippen LogP contribution in [0.15, 0.2) is 52.5 Å². The highest BCUT2D eigenvalue weighted by Crippen LogP contribution is 2.25. The summed E-state index contributed by atoms with van der Waals surface area (Å²) in [7, 11) is -4.21. The van der Waals surface area contributed by atoms with E-state index < -0.39 is 15.0 Å². The van der Waals surface area contributed by atoms with Crippen LogP contribution in [0.4, 0.5) is 5.69 Å². The van der Waals surface area contributed by atoms with Gasteiger partial charge >= 0.3 is 10.1 Å². The van der Waals surface area contributed by atoms with E-state index in [4.69, 9.17) is 9.92 Å². The van der Waals surface area contributed by atoms with Crippen molar-refractivity contribution >= 4 is 39.4 Å². The standard InChI is InChI=1S/C15H14N4O5S2/c1-10-2-7-13(8-14(10)19(20)21)26(22,23)24-12-5-3-11(4-6-12)9-17-18-15(16)25/h2-9H,1H3,(H3,16,18,25)/b17-9-. The van der Waals surface area contributed by atoms with Crippen molar-refractivity contribution in [1.29, 1.82) is 0 Å². The summed E-state index contributed by atoms with van der Waals surface area (Å²) >= 11 is 4.60. The second kappa shape index (κ2) is 7.89. The fourth-order valence-electron chi connectivity index (χ4n) is 1.90. The first-order chi connectivity index (χ1) is 12.2. The van der Waals surface area contributed by atoms with Crippen molar-refractivity contribution in [3.8, 4) is 5.75 Å². The molecule has 0 fully saturated rings. The van der Waals surface area contributed by atoms with Crippen molar-refractivity contribution < 1.29 is 17.5 Å². The molecular formula is C15H14N4O5S2. The predicted octanol–water partition coefficient (Wildman–Crippen LogP) is 1.84. The number of rotatable bonds is 6. The summed E-state index contributed by atoms with van der Waals surface area (Å²) in [6.45, 7) is 1.52. The topological polar surface area (TPSA) is 137 Å². The highest BCUT2D eigenvalue weighted by Gasteiger charge is 2.21. The van der Waals surface area contributed by atoms with Crippen molar-refractivity contribution in [2.75, 3.05) is 0 Å². The molecule has 2 aromatic carbocycles. The summed E-state index contributed by atoms with van der Waals surface area (Å²) < 4.78 is 29.6. The van der Waals surface area contributed by atoms with Gasteiger partial charge in [-0.15, -0.1) is 0 Å². The SMILES string of the molecule is Cc1ccc(S(=O)(=O)Oc2ccc(/C=N\NC(N)=S)cc2)cc1[N+](=O)[O-]. The van der Waals surface area contributed by atoms with Crippen LogP contribution in [0.3, 0.4) is 0 Å². The molecule has 0 aromatic heterocycles. The summed E-state index contributed by atoms with van der Waals surface area (Å²) in [6.07, 6.45) is 1.43. The molecule has 11 heteroatoms. The van der Waals surface area contributed by atoms with Gasteiger partial charge in [0.1, 0.15) is 10.6 Å². The van der Waals surface area contributed by atoms with Gasteiger partial charge in [0.2, 0.25) is 0 Å². The van der Waals surface area contributed by atoms with Gasteiger partial charge in [-0.1, -0.05) is 6.07 Å². The number of hydrogen-bond donors (Lipinski definition) is 2. The van der Waals surface area contributed by atoms with Crippen LogP contribution in [-0.2, 0) is 10.1 Å². The van der Waals surface area contributed by atoms with Crippen LogP contribution in [-0.4, -0.2) is 24.7 Å². The lowest BCUT2D eigenvalue weighted by molar-refractivity contribution is -0.385. The Labute approximate surface area is 154 Å². The van der Waals surface area contributed by atoms with Crippen LogP contribution in [0.5, 0.6) is 5.75 Å². The average Bonchev–Trinajstić information content (AvgIpc) is 2.56. The number of hydrogen-bond acceptors (Lipinski definition) is 7. The monoisotopic (exact) mass is 394 g/mol. The molecule has 9 nitrogen and oxygen atoms in total. The third-order valence-electron chi connectivity index (χ3n) is 3.14. The second-order valence-electron chi connectivity index (χ2n) is 5.05. The van der Waals surface area contributed by atoms with Crippen molar-refractivity contribution in [2.24, 2.45) is 10.8 Å². The number of nitro groups is 1. The van der Waals surface area contributed by atoms with E-state index in [1.54, 1.807) is 12.1 Å². The molecule has 0 spiro atoms. The van der Waals surface area contributed by atoms with Crippen LogP contribution < -0.4 is 15.3 Å². The molecule has 2 rings (SSSR count). The van der Waals surface area contributed by atoms with Gasteiger partial charge < -0.3 is 9.92 Å². The second-order valence-corrected chi connectivity index (χ2v) is 7.03. The van der Waals surface area contributed by atoms with E-state index in [9.17, 15) is 18.5 Å². The number of nitro benzene ring substituents is 1. The van der Waals surface area contributed by atoms with Gasteiger partial charge in [-0.2, -0.15) is 13.5 Å². The third-order valence-corrected chi connectivity index (χ3v) is 4.47. The van der Waals surface area contributed by atoms with E-state index in [0.29, 0.717) is 11.1 Å². The van der Waals surface area contributed by atoms with Gasteiger partial charge in [0.15, 0.2) is 5.11 Å². The molecule has 0 amide bonds. The lowest BCUT2D eigenvalue weighted by Gasteiger charge is -2.08. The Kier molecular flexibility index (Phi) is 5.85. The zero-order valence-corrected chi connectivity index (χ0v) is 15.1. The molecule has 0 aliphatic carbocycles. The molecule has 3 N–H and O–H groups in total. The smallest absolute Gasteiger partial charge is 0.339 e. The van der Waals surface area contributed by atoms with E-state index in [2.05, 4.69) is 22.7 Å². The molecule has 136 valence electrons. The third kappa shape index (κ3) is 4.97. The van der Waals surface area contributed by atoms with Gasteiger partial charge in [0.25, 0.3) is 5.69 Å². The van der Waals surface area contributed by atoms with Crippen LogP contribution in [0.2, 0.25) is 0 Å². The van der Waals surface area contributed by atoms with Crippen molar-refractivity contribution in [2.45, 2.75) is 11.8 Å². The van der Waals surface area contributed by atoms with Gasteiger partial charge in [0.05, 0.1) is 11.1 Å². The summed E-state index contributed by atoms with van der Waals surface area (Å²) in [4.78, 5) is 10.0. The Bertz CT molecular complexity index is 972. The summed E-state index contributed by atoms with van der Waals surface area (Å²) in [5.74, 6) is 0.0488. The first-order valence-corrected chi connectivity index (χ1v) is 8.89. The minimum absolute atomic E-state index is 0.0134.